The van der Waals surface area contributed by atoms with Crippen molar-refractivity contribution in [2.45, 2.75) is 25.3 Å². The van der Waals surface area contributed by atoms with E-state index in [0.29, 0.717) is 19.4 Å². The molecule has 22 heavy (non-hydrogen) atoms. The van der Waals surface area contributed by atoms with Crippen molar-refractivity contribution in [2.75, 3.05) is 6.54 Å². The molecule has 0 saturated heterocycles. The Labute approximate surface area is 131 Å². The Morgan fingerprint density at radius 1 is 0.909 bits per heavy atom. The van der Waals surface area contributed by atoms with Gasteiger partial charge in [-0.25, -0.2) is 0 Å². The van der Waals surface area contributed by atoms with E-state index in [1.807, 2.05) is 0 Å². The van der Waals surface area contributed by atoms with E-state index < -0.39 is 27.8 Å². The van der Waals surface area contributed by atoms with Crippen molar-refractivity contribution in [1.29, 1.82) is 0 Å². The van der Waals surface area contributed by atoms with Crippen molar-refractivity contribution in [3.8, 4) is 23.0 Å². The third-order valence-corrected chi connectivity index (χ3v) is 3.57. The van der Waals surface area contributed by atoms with Crippen molar-refractivity contribution >= 4 is 37.6 Å². The van der Waals surface area contributed by atoms with Crippen LogP contribution in [0, 0.1) is 23.0 Å². The monoisotopic (exact) mass is 378 g/mol. The van der Waals surface area contributed by atoms with Gasteiger partial charge in [-0.05, 0) is 0 Å². The molecule has 0 saturated carbocycles. The zero-order valence-corrected chi connectivity index (χ0v) is 14.7. The Balaban J connectivity index is 4.72. The number of carboxylic acids is 1. The van der Waals surface area contributed by atoms with Crippen molar-refractivity contribution in [1.82, 2.24) is 9.80 Å². The summed E-state index contributed by atoms with van der Waals surface area (Å²) in [7, 11) is -1.86. The zero-order valence-electron chi connectivity index (χ0n) is 11.1. The zero-order chi connectivity index (χ0) is 16.8. The second kappa shape index (κ2) is 14.0. The number of hydrogen-bond donors (Lipinski definition) is 1. The molecule has 0 aromatic rings. The molecule has 12 heteroatoms. The van der Waals surface area contributed by atoms with Crippen LogP contribution in [0.15, 0.2) is 0 Å². The first kappa shape index (κ1) is 21.4. The van der Waals surface area contributed by atoms with Gasteiger partial charge in [-0.2, -0.15) is 0 Å². The summed E-state index contributed by atoms with van der Waals surface area (Å²) in [5.74, 6) is 7.88. The molecule has 0 aromatic carbocycles. The summed E-state index contributed by atoms with van der Waals surface area (Å²) >= 11 is 0. The quantitative estimate of drug-likeness (QED) is 0.409. The van der Waals surface area contributed by atoms with Gasteiger partial charge in [-0.15, -0.1) is 0 Å². The molecule has 1 N–H and O–H groups in total. The van der Waals surface area contributed by atoms with Crippen molar-refractivity contribution in [3.63, 3.8) is 0 Å². The molecule has 0 bridgehead atoms. The summed E-state index contributed by atoms with van der Waals surface area (Å²) in [6.07, 6.45) is 1.05. The number of carboxylic acid groups (broad SMARTS) is 1. The summed E-state index contributed by atoms with van der Waals surface area (Å²) in [6.45, 7) is 0.303. The fourth-order valence-electron chi connectivity index (χ4n) is 1.44. The Morgan fingerprint density at radius 2 is 1.41 bits per heavy atom. The fourth-order valence-corrected chi connectivity index (χ4v) is 2.65. The average molecular weight is 378 g/mol. The maximum absolute atomic E-state index is 11.2. The Kier molecular flexibility index (Phi) is 13.7. The molecular formula is C10H10N2O6P4. The van der Waals surface area contributed by atoms with Crippen molar-refractivity contribution in [2.24, 2.45) is 0 Å². The molecule has 0 spiro atoms. The van der Waals surface area contributed by atoms with E-state index in [9.17, 15) is 23.1 Å². The Bertz CT molecular complexity index is 753. The van der Waals surface area contributed by atoms with Crippen LogP contribution in [0.5, 0.6) is 0 Å². The van der Waals surface area contributed by atoms with Crippen LogP contribution in [0.4, 0.5) is 0 Å². The van der Waals surface area contributed by atoms with E-state index in [0.717, 1.165) is 4.90 Å². The van der Waals surface area contributed by atoms with Gasteiger partial charge >= 0.3 is 130 Å². The van der Waals surface area contributed by atoms with Gasteiger partial charge in [0.15, 0.2) is 0 Å². The van der Waals surface area contributed by atoms with E-state index in [-0.39, 0.29) is 22.3 Å². The fraction of sp³-hybridized carbons (Fsp3) is 0.500. The molecule has 1 atom stereocenters. The van der Waals surface area contributed by atoms with Crippen LogP contribution < -0.4 is 0 Å². The second-order valence-electron chi connectivity index (χ2n) is 3.64. The normalized spacial score (nSPS) is 10.6. The predicted octanol–water partition coefficient (Wildman–Crippen LogP) is 3.05. The third kappa shape index (κ3) is 9.45. The molecule has 0 rings (SSSR count). The van der Waals surface area contributed by atoms with Crippen LogP contribution in [0.3, 0.4) is 0 Å². The van der Waals surface area contributed by atoms with Crippen LogP contribution in [0.25, 0.3) is 0 Å². The molecule has 0 aliphatic heterocycles. The number of rotatable bonds is 7. The molecule has 0 heterocycles. The standard InChI is InChI=1S/C10H10N2O6P4/c13-10(14)9(12(7-21-17)8-22-18)3-1-2-4-11(5-19-15)6-20-16/h9H,1-4H2,(H,13,14)/t9-/m0/s1. The van der Waals surface area contributed by atoms with E-state index in [2.05, 4.69) is 23.0 Å². The SMILES string of the molecule is O=P#CN(C#P=O)CCCC[C@@H](C(=O)O)N(C#P=O)C#P=O. The van der Waals surface area contributed by atoms with Gasteiger partial charge in [0.05, 0.1) is 0 Å². The average Bonchev–Trinajstić information content (AvgIpc) is 2.47. The Morgan fingerprint density at radius 3 is 1.82 bits per heavy atom. The number of carbonyl (C=O) groups is 1. The number of aliphatic carboxylic acids is 1. The van der Waals surface area contributed by atoms with Crippen LogP contribution in [0.2, 0.25) is 0 Å². The van der Waals surface area contributed by atoms with Gasteiger partial charge in [-0.1, -0.05) is 0 Å². The molecule has 0 aliphatic rings. The summed E-state index contributed by atoms with van der Waals surface area (Å²) in [5, 5.41) is 9.12. The molecule has 0 aliphatic carbocycles. The van der Waals surface area contributed by atoms with E-state index in [1.54, 1.807) is 0 Å². The van der Waals surface area contributed by atoms with E-state index in [1.165, 1.54) is 4.90 Å². The summed E-state index contributed by atoms with van der Waals surface area (Å²) in [5.41, 5.74) is 0. The van der Waals surface area contributed by atoms with Gasteiger partial charge in [0.25, 0.3) is 0 Å². The molecule has 8 nitrogen and oxygen atoms in total. The van der Waals surface area contributed by atoms with Gasteiger partial charge in [0.2, 0.25) is 0 Å². The first-order valence-corrected chi connectivity index (χ1v) is 8.97. The van der Waals surface area contributed by atoms with Crippen LogP contribution >= 0.6 is 31.7 Å². The summed E-state index contributed by atoms with van der Waals surface area (Å²) < 4.78 is 41.8. The van der Waals surface area contributed by atoms with E-state index >= 15 is 0 Å². The predicted molar refractivity (Wildman–Crippen MR) is 79.8 cm³/mol. The minimum atomic E-state index is -1.20. The Hall–Kier alpha value is -0.570. The summed E-state index contributed by atoms with van der Waals surface area (Å²) in [6, 6.07) is -1.10. The minimum absolute atomic E-state index is 0.151. The molecule has 0 radical (unpaired) electrons. The van der Waals surface area contributed by atoms with Crippen molar-refractivity contribution < 1.29 is 28.2 Å². The second-order valence-corrected chi connectivity index (χ2v) is 5.17. The topological polar surface area (TPSA) is 112 Å². The number of hydrogen-bond acceptors (Lipinski definition) is 7. The van der Waals surface area contributed by atoms with Crippen LogP contribution in [-0.4, -0.2) is 33.5 Å². The molecule has 0 fully saturated rings. The third-order valence-electron chi connectivity index (χ3n) is 2.33. The van der Waals surface area contributed by atoms with E-state index in [4.69, 9.17) is 5.11 Å². The molecule has 0 aromatic heterocycles. The molecule has 116 valence electrons. The van der Waals surface area contributed by atoms with Gasteiger partial charge in [0, 0.05) is 0 Å². The van der Waals surface area contributed by atoms with Gasteiger partial charge < -0.3 is 0 Å². The molecule has 0 unspecified atom stereocenters. The van der Waals surface area contributed by atoms with Gasteiger partial charge in [0.1, 0.15) is 0 Å². The molecular weight excluding hydrogens is 368 g/mol. The van der Waals surface area contributed by atoms with Crippen molar-refractivity contribution in [3.05, 3.63) is 0 Å². The van der Waals surface area contributed by atoms with Crippen LogP contribution in [-0.2, 0) is 23.1 Å². The van der Waals surface area contributed by atoms with Crippen LogP contribution in [0.1, 0.15) is 19.3 Å². The number of unbranched alkanes of at least 4 members (excludes halogenated alkanes) is 1. The maximum atomic E-state index is 11.2. The summed E-state index contributed by atoms with van der Waals surface area (Å²) in [4.78, 5) is 13.3. The first-order valence-electron chi connectivity index (χ1n) is 5.72. The number of nitrogens with zero attached hydrogens (tertiary/aromatic N) is 2. The first-order chi connectivity index (χ1) is 10.6. The molecule has 0 amide bonds. The van der Waals surface area contributed by atoms with Gasteiger partial charge in [-0.3, -0.25) is 0 Å².